The van der Waals surface area contributed by atoms with Crippen molar-refractivity contribution in [1.29, 1.82) is 0 Å². The Morgan fingerprint density at radius 1 is 1.12 bits per heavy atom. The lowest BCUT2D eigenvalue weighted by molar-refractivity contribution is -0.141. The summed E-state index contributed by atoms with van der Waals surface area (Å²) in [4.78, 5) is 0. The summed E-state index contributed by atoms with van der Waals surface area (Å²) < 4.78 is 64.8. The number of benzene rings is 1. The number of ether oxygens (including phenoxy) is 1. The van der Waals surface area contributed by atoms with Crippen LogP contribution in [0, 0.1) is 0 Å². The van der Waals surface area contributed by atoms with Gasteiger partial charge in [-0.25, -0.2) is 0 Å². The molecule has 1 rings (SSSR count). The minimum Gasteiger partial charge on any atom is -0.434 e. The second-order valence-corrected chi connectivity index (χ2v) is 3.40. The smallest absolute Gasteiger partial charge is 0.421 e. The Labute approximate surface area is 96.7 Å². The van der Waals surface area contributed by atoms with Crippen molar-refractivity contribution in [2.75, 3.05) is 0 Å². The van der Waals surface area contributed by atoms with Crippen molar-refractivity contribution in [2.24, 2.45) is 0 Å². The molecule has 1 aromatic rings. The van der Waals surface area contributed by atoms with Crippen molar-refractivity contribution in [3.8, 4) is 5.75 Å². The largest absolute Gasteiger partial charge is 0.434 e. The molecule has 0 saturated heterocycles. The monoisotopic (exact) mass is 280 g/mol. The van der Waals surface area contributed by atoms with E-state index in [9.17, 15) is 22.0 Å². The Kier molecular flexibility index (Phi) is 3.85. The van der Waals surface area contributed by atoms with E-state index in [1.165, 1.54) is 0 Å². The third-order valence-electron chi connectivity index (χ3n) is 1.56. The van der Waals surface area contributed by atoms with Gasteiger partial charge in [-0.1, -0.05) is 23.2 Å². The number of rotatable bonds is 2. The fraction of sp³-hybridized carbons (Fsp3) is 0.250. The van der Waals surface area contributed by atoms with Crippen LogP contribution in [0.3, 0.4) is 0 Å². The summed E-state index contributed by atoms with van der Waals surface area (Å²) in [5.74, 6) is -1.06. The molecule has 0 heterocycles. The van der Waals surface area contributed by atoms with Gasteiger partial charge in [-0.05, 0) is 12.1 Å². The number of hydrogen-bond acceptors (Lipinski definition) is 1. The van der Waals surface area contributed by atoms with Gasteiger partial charge in [0.15, 0.2) is 0 Å². The highest BCUT2D eigenvalue weighted by molar-refractivity contribution is 6.42. The van der Waals surface area contributed by atoms with E-state index in [0.29, 0.717) is 6.07 Å². The molecule has 0 amide bonds. The van der Waals surface area contributed by atoms with Crippen molar-refractivity contribution in [3.05, 3.63) is 27.7 Å². The Morgan fingerprint density at radius 3 is 2.12 bits per heavy atom. The van der Waals surface area contributed by atoms with E-state index < -0.39 is 34.1 Å². The molecule has 0 atom stereocenters. The SMILES string of the molecule is FC(F)Oc1ccc(Cl)c(Cl)c1C(F)(F)F. The lowest BCUT2D eigenvalue weighted by Gasteiger charge is -2.15. The Bertz CT molecular complexity index is 391. The molecule has 0 bridgehead atoms. The number of alkyl halides is 5. The Balaban J connectivity index is 3.33. The third kappa shape index (κ3) is 2.89. The van der Waals surface area contributed by atoms with Crippen LogP contribution in [0.4, 0.5) is 22.0 Å². The van der Waals surface area contributed by atoms with Crippen LogP contribution in [0.15, 0.2) is 12.1 Å². The maximum Gasteiger partial charge on any atom is 0.421 e. The molecule has 8 heteroatoms. The Morgan fingerprint density at radius 2 is 1.69 bits per heavy atom. The van der Waals surface area contributed by atoms with Crippen LogP contribution >= 0.6 is 23.2 Å². The summed E-state index contributed by atoms with van der Waals surface area (Å²) in [6, 6.07) is 1.63. The van der Waals surface area contributed by atoms with Crippen molar-refractivity contribution in [2.45, 2.75) is 12.8 Å². The van der Waals surface area contributed by atoms with Crippen molar-refractivity contribution in [3.63, 3.8) is 0 Å². The van der Waals surface area contributed by atoms with E-state index in [1.807, 2.05) is 0 Å². The summed E-state index contributed by atoms with van der Waals surface area (Å²) in [6.45, 7) is -3.38. The molecular weight excluding hydrogens is 278 g/mol. The molecule has 90 valence electrons. The molecule has 1 aromatic carbocycles. The normalized spacial score (nSPS) is 12.0. The lowest BCUT2D eigenvalue weighted by Crippen LogP contribution is -2.12. The molecular formula is C8H3Cl2F5O. The summed E-state index contributed by atoms with van der Waals surface area (Å²) in [5.41, 5.74) is -1.51. The molecule has 0 radical (unpaired) electrons. The van der Waals surface area contributed by atoms with E-state index in [4.69, 9.17) is 23.2 Å². The van der Waals surface area contributed by atoms with Crippen molar-refractivity contribution >= 4 is 23.2 Å². The van der Waals surface area contributed by atoms with Gasteiger partial charge >= 0.3 is 12.8 Å². The van der Waals surface area contributed by atoms with E-state index in [-0.39, 0.29) is 0 Å². The van der Waals surface area contributed by atoms with Crippen LogP contribution in [0.1, 0.15) is 5.56 Å². The molecule has 1 nitrogen and oxygen atoms in total. The van der Waals surface area contributed by atoms with Gasteiger partial charge in [0, 0.05) is 0 Å². The van der Waals surface area contributed by atoms with E-state index in [0.717, 1.165) is 6.07 Å². The quantitative estimate of drug-likeness (QED) is 0.719. The molecule has 16 heavy (non-hydrogen) atoms. The first-order chi connectivity index (χ1) is 7.23. The number of halogens is 7. The summed E-state index contributed by atoms with van der Waals surface area (Å²) in [6.07, 6.45) is -4.92. The van der Waals surface area contributed by atoms with Crippen LogP contribution in [-0.2, 0) is 6.18 Å². The van der Waals surface area contributed by atoms with Crippen LogP contribution in [-0.4, -0.2) is 6.61 Å². The standard InChI is InChI=1S/C8H3Cl2F5O/c9-3-1-2-4(16-7(11)12)5(6(3)10)8(13,14)15/h1-2,7H. The molecule has 0 N–H and O–H groups in total. The van der Waals surface area contributed by atoms with Gasteiger partial charge in [0.05, 0.1) is 10.0 Å². The van der Waals surface area contributed by atoms with Crippen LogP contribution in [0.5, 0.6) is 5.75 Å². The first-order valence-electron chi connectivity index (χ1n) is 3.73. The van der Waals surface area contributed by atoms with E-state index in [1.54, 1.807) is 0 Å². The van der Waals surface area contributed by atoms with Crippen molar-refractivity contribution in [1.82, 2.24) is 0 Å². The predicted octanol–water partition coefficient (Wildman–Crippen LogP) is 4.61. The van der Waals surface area contributed by atoms with Gasteiger partial charge in [-0.15, -0.1) is 0 Å². The van der Waals surface area contributed by atoms with E-state index >= 15 is 0 Å². The van der Waals surface area contributed by atoms with Crippen molar-refractivity contribution < 1.29 is 26.7 Å². The first-order valence-corrected chi connectivity index (χ1v) is 4.49. The average molecular weight is 281 g/mol. The summed E-state index contributed by atoms with van der Waals surface area (Å²) in [5, 5.41) is -1.26. The highest BCUT2D eigenvalue weighted by Crippen LogP contribution is 2.44. The molecule has 0 saturated carbocycles. The minimum absolute atomic E-state index is 0.393. The highest BCUT2D eigenvalue weighted by Gasteiger charge is 2.38. The average Bonchev–Trinajstić information content (AvgIpc) is 2.08. The fourth-order valence-corrected chi connectivity index (χ4v) is 1.41. The lowest BCUT2D eigenvalue weighted by atomic mass is 10.2. The van der Waals surface area contributed by atoms with Crippen LogP contribution in [0.2, 0.25) is 10.0 Å². The fourth-order valence-electron chi connectivity index (χ4n) is 0.991. The molecule has 0 aliphatic rings. The van der Waals surface area contributed by atoms with Crippen LogP contribution in [0.25, 0.3) is 0 Å². The topological polar surface area (TPSA) is 9.23 Å². The third-order valence-corrected chi connectivity index (χ3v) is 2.36. The maximum atomic E-state index is 12.5. The maximum absolute atomic E-state index is 12.5. The minimum atomic E-state index is -4.92. The molecule has 0 unspecified atom stereocenters. The summed E-state index contributed by atoms with van der Waals surface area (Å²) in [7, 11) is 0. The zero-order valence-electron chi connectivity index (χ0n) is 7.29. The van der Waals surface area contributed by atoms with Gasteiger partial charge < -0.3 is 4.74 Å². The van der Waals surface area contributed by atoms with Crippen LogP contribution < -0.4 is 4.74 Å². The van der Waals surface area contributed by atoms with Gasteiger partial charge in [0.2, 0.25) is 0 Å². The number of hydrogen-bond donors (Lipinski definition) is 0. The predicted molar refractivity (Wildman–Crippen MR) is 48.1 cm³/mol. The zero-order chi connectivity index (χ0) is 12.5. The zero-order valence-corrected chi connectivity index (χ0v) is 8.80. The molecule has 0 spiro atoms. The first kappa shape index (κ1) is 13.3. The van der Waals surface area contributed by atoms with Gasteiger partial charge in [0.1, 0.15) is 11.3 Å². The van der Waals surface area contributed by atoms with Gasteiger partial charge in [0.25, 0.3) is 0 Å². The highest BCUT2D eigenvalue weighted by atomic mass is 35.5. The molecule has 0 aliphatic heterocycles. The molecule has 0 fully saturated rings. The Hall–Kier alpha value is -0.750. The molecule has 0 aliphatic carbocycles. The molecule has 0 aromatic heterocycles. The van der Waals surface area contributed by atoms with Gasteiger partial charge in [-0.2, -0.15) is 22.0 Å². The van der Waals surface area contributed by atoms with Gasteiger partial charge in [-0.3, -0.25) is 0 Å². The second-order valence-electron chi connectivity index (χ2n) is 2.61. The summed E-state index contributed by atoms with van der Waals surface area (Å²) >= 11 is 10.6. The second kappa shape index (κ2) is 4.63. The van der Waals surface area contributed by atoms with E-state index in [2.05, 4.69) is 4.74 Å².